The van der Waals surface area contributed by atoms with E-state index in [2.05, 4.69) is 0 Å². The molecule has 0 radical (unpaired) electrons. The average Bonchev–Trinajstić information content (AvgIpc) is 2.67. The third-order valence-electron chi connectivity index (χ3n) is 4.06. The SMILES string of the molecule is CCOC(=O)C(C(=O)OCC)[C@H](/C=C/c1ccc(Cl)cc1)c1ccc(Cl)cc1. The fraction of sp³-hybridized carbons (Fsp3) is 0.273. The van der Waals surface area contributed by atoms with Gasteiger partial charge < -0.3 is 9.47 Å². The van der Waals surface area contributed by atoms with Gasteiger partial charge in [-0.05, 0) is 49.2 Å². The highest BCUT2D eigenvalue weighted by Crippen LogP contribution is 2.31. The molecule has 28 heavy (non-hydrogen) atoms. The molecule has 0 spiro atoms. The van der Waals surface area contributed by atoms with Gasteiger partial charge in [0.2, 0.25) is 0 Å². The maximum Gasteiger partial charge on any atom is 0.321 e. The van der Waals surface area contributed by atoms with Crippen LogP contribution in [0.1, 0.15) is 30.9 Å². The smallest absolute Gasteiger partial charge is 0.321 e. The summed E-state index contributed by atoms with van der Waals surface area (Å²) in [4.78, 5) is 25.2. The predicted octanol–water partition coefficient (Wildman–Crippen LogP) is 5.53. The highest BCUT2D eigenvalue weighted by molar-refractivity contribution is 6.30. The van der Waals surface area contributed by atoms with E-state index < -0.39 is 23.8 Å². The van der Waals surface area contributed by atoms with Crippen molar-refractivity contribution in [3.63, 3.8) is 0 Å². The number of benzene rings is 2. The van der Waals surface area contributed by atoms with Crippen LogP contribution in [-0.4, -0.2) is 25.2 Å². The van der Waals surface area contributed by atoms with E-state index in [0.29, 0.717) is 10.0 Å². The van der Waals surface area contributed by atoms with Gasteiger partial charge in [0.15, 0.2) is 5.92 Å². The van der Waals surface area contributed by atoms with Gasteiger partial charge in [0.25, 0.3) is 0 Å². The molecule has 2 aromatic rings. The third-order valence-corrected chi connectivity index (χ3v) is 4.57. The minimum Gasteiger partial charge on any atom is -0.465 e. The third kappa shape index (κ3) is 6.11. The summed E-state index contributed by atoms with van der Waals surface area (Å²) in [5.74, 6) is -2.95. The summed E-state index contributed by atoms with van der Waals surface area (Å²) in [7, 11) is 0. The quantitative estimate of drug-likeness (QED) is 0.415. The first-order chi connectivity index (χ1) is 13.5. The van der Waals surface area contributed by atoms with Crippen LogP contribution in [0.5, 0.6) is 0 Å². The minimum atomic E-state index is -1.12. The molecule has 6 heteroatoms. The van der Waals surface area contributed by atoms with Gasteiger partial charge in [-0.2, -0.15) is 0 Å². The molecule has 0 fully saturated rings. The number of carbonyl (C=O) groups excluding carboxylic acids is 2. The molecule has 0 bridgehead atoms. The summed E-state index contributed by atoms with van der Waals surface area (Å²) in [5, 5.41) is 1.19. The molecule has 0 amide bonds. The van der Waals surface area contributed by atoms with Crippen LogP contribution in [0.2, 0.25) is 10.0 Å². The Kier molecular flexibility index (Phi) is 8.55. The Morgan fingerprint density at radius 3 is 1.79 bits per heavy atom. The van der Waals surface area contributed by atoms with Crippen molar-refractivity contribution >= 4 is 41.2 Å². The maximum atomic E-state index is 12.6. The summed E-state index contributed by atoms with van der Waals surface area (Å²) in [6, 6.07) is 14.2. The van der Waals surface area contributed by atoms with Crippen LogP contribution in [0.3, 0.4) is 0 Å². The van der Waals surface area contributed by atoms with Gasteiger partial charge in [-0.25, -0.2) is 0 Å². The fourth-order valence-electron chi connectivity index (χ4n) is 2.74. The standard InChI is InChI=1S/C22H22Cl2O4/c1-3-27-21(25)20(22(26)28-4-2)19(16-8-12-18(24)13-9-16)14-7-15-5-10-17(23)11-6-15/h5-14,19-20H,3-4H2,1-2H3/b14-7+/t19-/m1/s1. The van der Waals surface area contributed by atoms with Gasteiger partial charge in [0, 0.05) is 16.0 Å². The molecular weight excluding hydrogens is 399 g/mol. The molecule has 0 N–H and O–H groups in total. The highest BCUT2D eigenvalue weighted by Gasteiger charge is 2.37. The summed E-state index contributed by atoms with van der Waals surface area (Å²) in [6.45, 7) is 3.73. The van der Waals surface area contributed by atoms with Crippen molar-refractivity contribution in [2.45, 2.75) is 19.8 Å². The first kappa shape index (κ1) is 22.0. The molecule has 4 nitrogen and oxygen atoms in total. The summed E-state index contributed by atoms with van der Waals surface area (Å²) in [5.41, 5.74) is 1.63. The second-order valence-corrected chi connectivity index (χ2v) is 6.84. The molecular formula is C22H22Cl2O4. The fourth-order valence-corrected chi connectivity index (χ4v) is 2.99. The normalized spacial score (nSPS) is 12.2. The molecule has 1 atom stereocenters. The van der Waals surface area contributed by atoms with Crippen molar-refractivity contribution in [2.75, 3.05) is 13.2 Å². The molecule has 0 saturated heterocycles. The van der Waals surface area contributed by atoms with Crippen LogP contribution in [0, 0.1) is 5.92 Å². The number of halogens is 2. The van der Waals surface area contributed by atoms with E-state index >= 15 is 0 Å². The predicted molar refractivity (Wildman–Crippen MR) is 111 cm³/mol. The number of esters is 2. The van der Waals surface area contributed by atoms with Crippen molar-refractivity contribution in [2.24, 2.45) is 5.92 Å². The molecule has 0 aliphatic heterocycles. The zero-order valence-corrected chi connectivity index (χ0v) is 17.2. The molecule has 0 aliphatic carbocycles. The van der Waals surface area contributed by atoms with Gasteiger partial charge in [0.05, 0.1) is 13.2 Å². The van der Waals surface area contributed by atoms with Crippen LogP contribution < -0.4 is 0 Å². The Morgan fingerprint density at radius 2 is 1.32 bits per heavy atom. The molecule has 0 aliphatic rings. The monoisotopic (exact) mass is 420 g/mol. The number of carbonyl (C=O) groups is 2. The van der Waals surface area contributed by atoms with Crippen LogP contribution in [0.25, 0.3) is 6.08 Å². The van der Waals surface area contributed by atoms with Crippen molar-refractivity contribution in [1.29, 1.82) is 0 Å². The number of rotatable bonds is 8. The average molecular weight is 421 g/mol. The van der Waals surface area contributed by atoms with Gasteiger partial charge in [-0.3, -0.25) is 9.59 Å². The molecule has 0 unspecified atom stereocenters. The summed E-state index contributed by atoms with van der Waals surface area (Å²) in [6.07, 6.45) is 3.63. The molecule has 0 heterocycles. The second-order valence-electron chi connectivity index (χ2n) is 5.97. The zero-order valence-electron chi connectivity index (χ0n) is 15.7. The Labute approximate surface area is 175 Å². The van der Waals surface area contributed by atoms with Crippen LogP contribution in [0.4, 0.5) is 0 Å². The molecule has 2 rings (SSSR count). The Hall–Kier alpha value is -2.30. The minimum absolute atomic E-state index is 0.170. The second kappa shape index (κ2) is 10.9. The lowest BCUT2D eigenvalue weighted by molar-refractivity contribution is -0.162. The molecule has 0 saturated carbocycles. The highest BCUT2D eigenvalue weighted by atomic mass is 35.5. The van der Waals surface area contributed by atoms with E-state index in [-0.39, 0.29) is 13.2 Å². The molecule has 148 valence electrons. The molecule has 2 aromatic carbocycles. The van der Waals surface area contributed by atoms with E-state index in [9.17, 15) is 9.59 Å². The van der Waals surface area contributed by atoms with E-state index in [1.807, 2.05) is 18.2 Å². The van der Waals surface area contributed by atoms with Crippen molar-refractivity contribution in [3.05, 3.63) is 75.8 Å². The van der Waals surface area contributed by atoms with Gasteiger partial charge >= 0.3 is 11.9 Å². The van der Waals surface area contributed by atoms with Crippen LogP contribution in [0.15, 0.2) is 54.6 Å². The van der Waals surface area contributed by atoms with Gasteiger partial charge in [-0.1, -0.05) is 59.6 Å². The Bertz CT molecular complexity index is 795. The van der Waals surface area contributed by atoms with E-state index in [4.69, 9.17) is 32.7 Å². The number of hydrogen-bond donors (Lipinski definition) is 0. The van der Waals surface area contributed by atoms with Crippen LogP contribution >= 0.6 is 23.2 Å². The Morgan fingerprint density at radius 1 is 0.857 bits per heavy atom. The first-order valence-electron chi connectivity index (χ1n) is 8.98. The number of hydrogen-bond acceptors (Lipinski definition) is 4. The van der Waals surface area contributed by atoms with E-state index in [0.717, 1.165) is 11.1 Å². The lowest BCUT2D eigenvalue weighted by Crippen LogP contribution is -2.32. The van der Waals surface area contributed by atoms with Gasteiger partial charge in [0.1, 0.15) is 0 Å². The largest absolute Gasteiger partial charge is 0.465 e. The zero-order chi connectivity index (χ0) is 20.5. The van der Waals surface area contributed by atoms with Crippen molar-refractivity contribution in [3.8, 4) is 0 Å². The van der Waals surface area contributed by atoms with E-state index in [1.54, 1.807) is 56.3 Å². The first-order valence-corrected chi connectivity index (χ1v) is 9.74. The van der Waals surface area contributed by atoms with Crippen molar-refractivity contribution < 1.29 is 19.1 Å². The summed E-state index contributed by atoms with van der Waals surface area (Å²) < 4.78 is 10.3. The number of ether oxygens (including phenoxy) is 2. The lowest BCUT2D eigenvalue weighted by atomic mass is 9.85. The van der Waals surface area contributed by atoms with Gasteiger partial charge in [-0.15, -0.1) is 0 Å². The molecule has 0 aromatic heterocycles. The van der Waals surface area contributed by atoms with Crippen molar-refractivity contribution in [1.82, 2.24) is 0 Å². The topological polar surface area (TPSA) is 52.6 Å². The summed E-state index contributed by atoms with van der Waals surface area (Å²) >= 11 is 11.9. The maximum absolute atomic E-state index is 12.6. The number of allylic oxidation sites excluding steroid dienone is 1. The Balaban J connectivity index is 2.46. The lowest BCUT2D eigenvalue weighted by Gasteiger charge is -2.22. The van der Waals surface area contributed by atoms with Crippen LogP contribution in [-0.2, 0) is 19.1 Å². The van der Waals surface area contributed by atoms with E-state index in [1.165, 1.54) is 0 Å².